The highest BCUT2D eigenvalue weighted by Crippen LogP contribution is 2.21. The van der Waals surface area contributed by atoms with Gasteiger partial charge < -0.3 is 14.3 Å². The minimum atomic E-state index is -0.0373. The molecule has 0 unspecified atom stereocenters. The van der Waals surface area contributed by atoms with Crippen molar-refractivity contribution in [3.63, 3.8) is 0 Å². The van der Waals surface area contributed by atoms with Gasteiger partial charge in [-0.25, -0.2) is 0 Å². The highest BCUT2D eigenvalue weighted by Gasteiger charge is 2.11. The molecule has 0 atom stereocenters. The fourth-order valence-electron chi connectivity index (χ4n) is 3.78. The summed E-state index contributed by atoms with van der Waals surface area (Å²) in [5.74, 6) is 0.0167. The summed E-state index contributed by atoms with van der Waals surface area (Å²) in [7, 11) is 0. The number of rotatable bonds is 8. The molecule has 160 valence electrons. The smallest absolute Gasteiger partial charge is 0.275 e. The van der Waals surface area contributed by atoms with Gasteiger partial charge in [0.1, 0.15) is 5.52 Å². The Morgan fingerprint density at radius 1 is 1.06 bits per heavy atom. The summed E-state index contributed by atoms with van der Waals surface area (Å²) in [6, 6.07) is 18.0. The van der Waals surface area contributed by atoms with Gasteiger partial charge >= 0.3 is 0 Å². The molecule has 7 heteroatoms. The number of amides is 1. The zero-order chi connectivity index (χ0) is 21.8. The van der Waals surface area contributed by atoms with Crippen LogP contribution >= 0.6 is 27.7 Å². The first-order valence-electron chi connectivity index (χ1n) is 10.3. The van der Waals surface area contributed by atoms with Crippen molar-refractivity contribution < 1.29 is 4.79 Å². The number of nitrogens with zero attached hydrogens (tertiary/aromatic N) is 2. The predicted octanol–water partition coefficient (Wildman–Crippen LogP) is 4.88. The number of aryl methyl sites for hydroxylation is 1. The first-order valence-corrected chi connectivity index (χ1v) is 12.3. The molecule has 0 aliphatic rings. The standard InChI is InChI=1S/C24H24BrN3O2S/c1-31-19-9-6-17(7-10-19)12-13-26-23(29)5-3-15-28-22-16-18(25)8-11-20(22)27-14-2-4-21(27)24(28)30/h2,4,6-11,14,16H,3,5,12-13,15H2,1H3,(H,26,29). The van der Waals surface area contributed by atoms with Gasteiger partial charge in [0, 0.05) is 35.1 Å². The Morgan fingerprint density at radius 3 is 2.65 bits per heavy atom. The van der Waals surface area contributed by atoms with E-state index in [1.165, 1.54) is 10.5 Å². The van der Waals surface area contributed by atoms with Gasteiger partial charge in [-0.05, 0) is 67.1 Å². The number of thioether (sulfide) groups is 1. The molecule has 2 heterocycles. The maximum absolute atomic E-state index is 13.0. The Balaban J connectivity index is 1.37. The van der Waals surface area contributed by atoms with E-state index in [4.69, 9.17) is 0 Å². The van der Waals surface area contributed by atoms with E-state index in [1.807, 2.05) is 40.9 Å². The second-order valence-corrected chi connectivity index (χ2v) is 9.20. The Morgan fingerprint density at radius 2 is 1.87 bits per heavy atom. The van der Waals surface area contributed by atoms with E-state index in [1.54, 1.807) is 16.3 Å². The fraction of sp³-hybridized carbons (Fsp3) is 0.250. The molecule has 4 rings (SSSR count). The quantitative estimate of drug-likeness (QED) is 0.353. The van der Waals surface area contributed by atoms with Crippen LogP contribution in [-0.2, 0) is 17.8 Å². The Kier molecular flexibility index (Phi) is 6.83. The third kappa shape index (κ3) is 4.88. The second-order valence-electron chi connectivity index (χ2n) is 7.40. The van der Waals surface area contributed by atoms with Crippen molar-refractivity contribution in [3.05, 3.63) is 81.2 Å². The molecule has 1 amide bonds. The van der Waals surface area contributed by atoms with Crippen molar-refractivity contribution in [2.75, 3.05) is 12.8 Å². The SMILES string of the molecule is CSc1ccc(CCNC(=O)CCCn2c(=O)c3cccn3c3ccc(Br)cc32)cc1. The van der Waals surface area contributed by atoms with Gasteiger partial charge in [-0.15, -0.1) is 11.8 Å². The van der Waals surface area contributed by atoms with Gasteiger partial charge in [-0.2, -0.15) is 0 Å². The van der Waals surface area contributed by atoms with Crippen molar-refractivity contribution in [1.82, 2.24) is 14.3 Å². The molecular weight excluding hydrogens is 474 g/mol. The number of halogens is 1. The van der Waals surface area contributed by atoms with Gasteiger partial charge in [0.15, 0.2) is 0 Å². The van der Waals surface area contributed by atoms with Crippen LogP contribution in [0.15, 0.2) is 75.0 Å². The average molecular weight is 498 g/mol. The van der Waals surface area contributed by atoms with Crippen LogP contribution in [0.2, 0.25) is 0 Å². The normalized spacial score (nSPS) is 11.3. The fourth-order valence-corrected chi connectivity index (χ4v) is 4.53. The summed E-state index contributed by atoms with van der Waals surface area (Å²) in [5.41, 5.74) is 3.65. The summed E-state index contributed by atoms with van der Waals surface area (Å²) in [4.78, 5) is 26.5. The summed E-state index contributed by atoms with van der Waals surface area (Å²) in [5, 5.41) is 2.99. The number of benzene rings is 2. The maximum Gasteiger partial charge on any atom is 0.275 e. The highest BCUT2D eigenvalue weighted by atomic mass is 79.9. The molecule has 0 aliphatic heterocycles. The van der Waals surface area contributed by atoms with Crippen molar-refractivity contribution in [2.45, 2.75) is 30.7 Å². The van der Waals surface area contributed by atoms with Crippen LogP contribution in [-0.4, -0.2) is 27.7 Å². The van der Waals surface area contributed by atoms with Gasteiger partial charge in [0.2, 0.25) is 5.91 Å². The van der Waals surface area contributed by atoms with Crippen molar-refractivity contribution >= 4 is 50.1 Å². The van der Waals surface area contributed by atoms with Crippen LogP contribution in [0.5, 0.6) is 0 Å². The molecule has 31 heavy (non-hydrogen) atoms. The van der Waals surface area contributed by atoms with Crippen LogP contribution in [0.3, 0.4) is 0 Å². The number of hydrogen-bond acceptors (Lipinski definition) is 3. The van der Waals surface area contributed by atoms with Crippen LogP contribution in [0.25, 0.3) is 16.6 Å². The maximum atomic E-state index is 13.0. The number of fused-ring (bicyclic) bond motifs is 3. The Bertz CT molecular complexity index is 1280. The number of hydrogen-bond donors (Lipinski definition) is 1. The molecule has 2 aromatic heterocycles. The van der Waals surface area contributed by atoms with E-state index in [2.05, 4.69) is 51.8 Å². The topological polar surface area (TPSA) is 55.5 Å². The first-order chi connectivity index (χ1) is 15.1. The first kappa shape index (κ1) is 21.7. The van der Waals surface area contributed by atoms with Crippen LogP contribution in [0, 0.1) is 0 Å². The lowest BCUT2D eigenvalue weighted by Gasteiger charge is -2.13. The molecule has 0 aliphatic carbocycles. The van der Waals surface area contributed by atoms with Gasteiger partial charge in [0.25, 0.3) is 5.56 Å². The largest absolute Gasteiger partial charge is 0.356 e. The zero-order valence-electron chi connectivity index (χ0n) is 17.3. The van der Waals surface area contributed by atoms with E-state index in [0.717, 1.165) is 21.9 Å². The molecule has 1 N–H and O–H groups in total. The summed E-state index contributed by atoms with van der Waals surface area (Å²) in [6.07, 6.45) is 5.76. The van der Waals surface area contributed by atoms with E-state index in [-0.39, 0.29) is 11.5 Å². The number of carbonyl (C=O) groups excluding carboxylic acids is 1. The Hall–Kier alpha value is -2.51. The van der Waals surface area contributed by atoms with Crippen LogP contribution in [0.4, 0.5) is 0 Å². The lowest BCUT2D eigenvalue weighted by molar-refractivity contribution is -0.121. The highest BCUT2D eigenvalue weighted by molar-refractivity contribution is 9.10. The van der Waals surface area contributed by atoms with Crippen molar-refractivity contribution in [3.8, 4) is 0 Å². The summed E-state index contributed by atoms with van der Waals surface area (Å²) in [6.45, 7) is 1.11. The lowest BCUT2D eigenvalue weighted by Crippen LogP contribution is -2.27. The van der Waals surface area contributed by atoms with E-state index >= 15 is 0 Å². The molecule has 2 aromatic carbocycles. The molecule has 0 saturated carbocycles. The van der Waals surface area contributed by atoms with Gasteiger partial charge in [-0.3, -0.25) is 9.59 Å². The molecule has 5 nitrogen and oxygen atoms in total. The summed E-state index contributed by atoms with van der Waals surface area (Å²) >= 11 is 5.22. The molecule has 0 radical (unpaired) electrons. The molecule has 4 aromatic rings. The minimum absolute atomic E-state index is 0.0167. The van der Waals surface area contributed by atoms with E-state index in [9.17, 15) is 9.59 Å². The Labute approximate surface area is 193 Å². The lowest BCUT2D eigenvalue weighted by atomic mass is 10.1. The zero-order valence-corrected chi connectivity index (χ0v) is 19.7. The van der Waals surface area contributed by atoms with Crippen LogP contribution in [0.1, 0.15) is 18.4 Å². The third-order valence-electron chi connectivity index (χ3n) is 5.38. The van der Waals surface area contributed by atoms with Gasteiger partial charge in [0.05, 0.1) is 11.0 Å². The molecule has 0 fully saturated rings. The predicted molar refractivity (Wildman–Crippen MR) is 131 cm³/mol. The average Bonchev–Trinajstić information content (AvgIpc) is 3.27. The second kappa shape index (κ2) is 9.75. The van der Waals surface area contributed by atoms with Crippen LogP contribution < -0.4 is 10.9 Å². The number of aromatic nitrogens is 2. The number of nitrogens with one attached hydrogen (secondary N) is 1. The monoisotopic (exact) mass is 497 g/mol. The molecular formula is C24H24BrN3O2S. The summed E-state index contributed by atoms with van der Waals surface area (Å²) < 4.78 is 4.61. The van der Waals surface area contributed by atoms with Crippen molar-refractivity contribution in [1.29, 1.82) is 0 Å². The molecule has 0 spiro atoms. The number of carbonyl (C=O) groups is 1. The molecule has 0 saturated heterocycles. The van der Waals surface area contributed by atoms with Gasteiger partial charge in [-0.1, -0.05) is 28.1 Å². The van der Waals surface area contributed by atoms with E-state index in [0.29, 0.717) is 31.4 Å². The third-order valence-corrected chi connectivity index (χ3v) is 6.62. The minimum Gasteiger partial charge on any atom is -0.356 e. The van der Waals surface area contributed by atoms with Crippen molar-refractivity contribution in [2.24, 2.45) is 0 Å². The molecule has 0 bridgehead atoms. The van der Waals surface area contributed by atoms with E-state index < -0.39 is 0 Å².